The highest BCUT2D eigenvalue weighted by Crippen LogP contribution is 2.30. The first-order chi connectivity index (χ1) is 12.6. The van der Waals surface area contributed by atoms with E-state index in [9.17, 15) is 13.2 Å². The SMILES string of the molecule is O=C(CSCc1cccnc1)Nc1ccc(S(=O)(=O)C2CCCC2)cc1. The molecule has 26 heavy (non-hydrogen) atoms. The predicted octanol–water partition coefficient (Wildman–Crippen LogP) is 3.67. The number of benzene rings is 1. The van der Waals surface area contributed by atoms with Crippen LogP contribution in [-0.4, -0.2) is 30.3 Å². The Kier molecular flexibility index (Phi) is 6.32. The highest BCUT2D eigenvalue weighted by Gasteiger charge is 2.30. The Morgan fingerprint density at radius 2 is 1.88 bits per heavy atom. The molecule has 1 fully saturated rings. The molecule has 1 aromatic carbocycles. The molecule has 1 heterocycles. The first-order valence-corrected chi connectivity index (χ1v) is 11.4. The van der Waals surface area contributed by atoms with E-state index in [4.69, 9.17) is 0 Å². The molecule has 3 rings (SSSR count). The molecule has 0 bridgehead atoms. The molecule has 1 aliphatic carbocycles. The molecule has 0 spiro atoms. The number of carbonyl (C=O) groups excluding carboxylic acids is 1. The van der Waals surface area contributed by atoms with E-state index in [1.54, 1.807) is 36.7 Å². The largest absolute Gasteiger partial charge is 0.325 e. The van der Waals surface area contributed by atoms with Gasteiger partial charge in [-0.15, -0.1) is 11.8 Å². The van der Waals surface area contributed by atoms with Crippen molar-refractivity contribution in [2.75, 3.05) is 11.1 Å². The number of carbonyl (C=O) groups is 1. The number of thioether (sulfide) groups is 1. The molecule has 1 saturated carbocycles. The number of rotatable bonds is 7. The maximum absolute atomic E-state index is 12.5. The third kappa shape index (κ3) is 4.86. The van der Waals surface area contributed by atoms with Gasteiger partial charge in [-0.2, -0.15) is 0 Å². The van der Waals surface area contributed by atoms with Crippen LogP contribution in [0.15, 0.2) is 53.7 Å². The van der Waals surface area contributed by atoms with Crippen LogP contribution >= 0.6 is 11.8 Å². The molecule has 1 amide bonds. The summed E-state index contributed by atoms with van der Waals surface area (Å²) in [5, 5.41) is 2.55. The zero-order valence-corrected chi connectivity index (χ0v) is 16.1. The summed E-state index contributed by atoms with van der Waals surface area (Å²) in [6.07, 6.45) is 6.96. The van der Waals surface area contributed by atoms with Crippen molar-refractivity contribution < 1.29 is 13.2 Å². The van der Waals surface area contributed by atoms with E-state index in [1.165, 1.54) is 11.8 Å². The number of anilines is 1. The van der Waals surface area contributed by atoms with Gasteiger partial charge < -0.3 is 5.32 Å². The van der Waals surface area contributed by atoms with E-state index in [0.717, 1.165) is 37.0 Å². The van der Waals surface area contributed by atoms with Crippen molar-refractivity contribution in [1.82, 2.24) is 4.98 Å². The zero-order chi connectivity index (χ0) is 18.4. The van der Waals surface area contributed by atoms with Crippen molar-refractivity contribution in [3.05, 3.63) is 54.4 Å². The lowest BCUT2D eigenvalue weighted by atomic mass is 10.3. The molecule has 0 radical (unpaired) electrons. The standard InChI is InChI=1S/C19H22N2O3S2/c22-19(14-25-13-15-4-3-11-20-12-15)21-16-7-9-18(10-8-16)26(23,24)17-5-1-2-6-17/h3-4,7-12,17H,1-2,5-6,13-14H2,(H,21,22). The molecule has 0 saturated heterocycles. The number of hydrogen-bond acceptors (Lipinski definition) is 5. The van der Waals surface area contributed by atoms with Gasteiger partial charge in [-0.1, -0.05) is 18.9 Å². The van der Waals surface area contributed by atoms with Crippen LogP contribution in [0.5, 0.6) is 0 Å². The zero-order valence-electron chi connectivity index (χ0n) is 14.4. The Hall–Kier alpha value is -1.86. The van der Waals surface area contributed by atoms with Crippen molar-refractivity contribution in [2.24, 2.45) is 0 Å². The summed E-state index contributed by atoms with van der Waals surface area (Å²) in [5.41, 5.74) is 1.69. The molecule has 1 N–H and O–H groups in total. The Morgan fingerprint density at radius 1 is 1.15 bits per heavy atom. The molecule has 0 unspecified atom stereocenters. The van der Waals surface area contributed by atoms with Crippen LogP contribution in [0.1, 0.15) is 31.2 Å². The van der Waals surface area contributed by atoms with Crippen LogP contribution in [0.2, 0.25) is 0 Å². The monoisotopic (exact) mass is 390 g/mol. The minimum atomic E-state index is -3.25. The second-order valence-electron chi connectivity index (χ2n) is 6.38. The van der Waals surface area contributed by atoms with Crippen molar-refractivity contribution >= 4 is 33.2 Å². The summed E-state index contributed by atoms with van der Waals surface area (Å²) in [4.78, 5) is 16.4. The van der Waals surface area contributed by atoms with Crippen LogP contribution in [-0.2, 0) is 20.4 Å². The summed E-state index contributed by atoms with van der Waals surface area (Å²) in [5.74, 6) is 0.946. The van der Waals surface area contributed by atoms with Crippen LogP contribution in [0.3, 0.4) is 0 Å². The van der Waals surface area contributed by atoms with Gasteiger partial charge in [0.1, 0.15) is 0 Å². The fourth-order valence-corrected chi connectivity index (χ4v) is 5.68. The van der Waals surface area contributed by atoms with Crippen LogP contribution < -0.4 is 5.32 Å². The molecule has 5 nitrogen and oxygen atoms in total. The van der Waals surface area contributed by atoms with Crippen LogP contribution in [0, 0.1) is 0 Å². The van der Waals surface area contributed by atoms with Crippen molar-refractivity contribution in [1.29, 1.82) is 0 Å². The Balaban J connectivity index is 1.51. The van der Waals surface area contributed by atoms with Crippen molar-refractivity contribution in [3.8, 4) is 0 Å². The number of sulfone groups is 1. The minimum Gasteiger partial charge on any atom is -0.325 e. The quantitative estimate of drug-likeness (QED) is 0.781. The Bertz CT molecular complexity index is 831. The summed E-state index contributed by atoms with van der Waals surface area (Å²) >= 11 is 1.51. The number of amides is 1. The fraction of sp³-hybridized carbons (Fsp3) is 0.368. The summed E-state index contributed by atoms with van der Waals surface area (Å²) in [6.45, 7) is 0. The number of aromatic nitrogens is 1. The summed E-state index contributed by atoms with van der Waals surface area (Å²) < 4.78 is 25.1. The average molecular weight is 391 g/mol. The molecule has 0 atom stereocenters. The fourth-order valence-electron chi connectivity index (χ4n) is 3.06. The normalized spacial score (nSPS) is 15.1. The van der Waals surface area contributed by atoms with Crippen molar-refractivity contribution in [3.63, 3.8) is 0 Å². The maximum Gasteiger partial charge on any atom is 0.234 e. The lowest BCUT2D eigenvalue weighted by Crippen LogP contribution is -2.18. The van der Waals surface area contributed by atoms with E-state index in [0.29, 0.717) is 16.3 Å². The Morgan fingerprint density at radius 3 is 2.54 bits per heavy atom. The van der Waals surface area contributed by atoms with E-state index >= 15 is 0 Å². The number of pyridine rings is 1. The highest BCUT2D eigenvalue weighted by atomic mass is 32.2. The van der Waals surface area contributed by atoms with E-state index in [1.807, 2.05) is 12.1 Å². The maximum atomic E-state index is 12.5. The molecule has 0 aliphatic heterocycles. The third-order valence-electron chi connectivity index (χ3n) is 4.43. The minimum absolute atomic E-state index is 0.106. The molecule has 138 valence electrons. The summed E-state index contributed by atoms with van der Waals surface area (Å²) in [7, 11) is -3.25. The number of nitrogens with zero attached hydrogens (tertiary/aromatic N) is 1. The molecule has 2 aromatic rings. The second-order valence-corrected chi connectivity index (χ2v) is 9.59. The topological polar surface area (TPSA) is 76.1 Å². The molecule has 1 aliphatic rings. The van der Waals surface area contributed by atoms with E-state index in [-0.39, 0.29) is 11.2 Å². The van der Waals surface area contributed by atoms with Gasteiger partial charge in [-0.25, -0.2) is 8.42 Å². The first kappa shape index (κ1) is 18.9. The van der Waals surface area contributed by atoms with Gasteiger partial charge in [0.2, 0.25) is 5.91 Å². The van der Waals surface area contributed by atoms with Gasteiger partial charge in [0, 0.05) is 23.8 Å². The van der Waals surface area contributed by atoms with Crippen LogP contribution in [0.4, 0.5) is 5.69 Å². The predicted molar refractivity (Wildman–Crippen MR) is 105 cm³/mol. The van der Waals surface area contributed by atoms with E-state index in [2.05, 4.69) is 10.3 Å². The smallest absolute Gasteiger partial charge is 0.234 e. The molecule has 7 heteroatoms. The van der Waals surface area contributed by atoms with E-state index < -0.39 is 9.84 Å². The average Bonchev–Trinajstić information content (AvgIpc) is 3.19. The van der Waals surface area contributed by atoms with Gasteiger partial charge in [-0.05, 0) is 48.7 Å². The lowest BCUT2D eigenvalue weighted by Gasteiger charge is -2.12. The van der Waals surface area contributed by atoms with Gasteiger partial charge in [0.15, 0.2) is 9.84 Å². The summed E-state index contributed by atoms with van der Waals surface area (Å²) in [6, 6.07) is 10.3. The molecular formula is C19H22N2O3S2. The highest BCUT2D eigenvalue weighted by molar-refractivity contribution is 7.99. The van der Waals surface area contributed by atoms with Gasteiger partial charge in [-0.3, -0.25) is 9.78 Å². The van der Waals surface area contributed by atoms with Gasteiger partial charge in [0.05, 0.1) is 15.9 Å². The van der Waals surface area contributed by atoms with Gasteiger partial charge in [0.25, 0.3) is 0 Å². The third-order valence-corrected chi connectivity index (χ3v) is 7.71. The number of nitrogens with one attached hydrogen (secondary N) is 1. The van der Waals surface area contributed by atoms with Gasteiger partial charge >= 0.3 is 0 Å². The number of hydrogen-bond donors (Lipinski definition) is 1. The molecular weight excluding hydrogens is 368 g/mol. The van der Waals surface area contributed by atoms with Crippen molar-refractivity contribution in [2.45, 2.75) is 41.6 Å². The molecule has 1 aromatic heterocycles. The Labute approximate surface area is 158 Å². The first-order valence-electron chi connectivity index (χ1n) is 8.66. The second kappa shape index (κ2) is 8.68. The lowest BCUT2D eigenvalue weighted by molar-refractivity contribution is -0.113. The van der Waals surface area contributed by atoms with Crippen LogP contribution in [0.25, 0.3) is 0 Å².